The second-order valence-electron chi connectivity index (χ2n) is 18.1. The van der Waals surface area contributed by atoms with Crippen LogP contribution in [0.1, 0.15) is 64.1 Å². The van der Waals surface area contributed by atoms with Gasteiger partial charge in [-0.3, -0.25) is 44.3 Å². The fraction of sp³-hybridized carbons (Fsp3) is 0.375. The minimum absolute atomic E-state index is 0.0568. The number of aryl methyl sites for hydroxylation is 1. The largest absolute Gasteiger partial charge is 0.368 e. The van der Waals surface area contributed by atoms with E-state index in [1.54, 1.807) is 26.9 Å². The van der Waals surface area contributed by atoms with Crippen molar-refractivity contribution in [3.05, 3.63) is 106 Å². The Bertz CT molecular complexity index is 2980. The van der Waals surface area contributed by atoms with Crippen LogP contribution < -0.4 is 20.4 Å². The minimum Gasteiger partial charge on any atom is -0.368 e. The Labute approximate surface area is 393 Å². The number of aromatic nitrogens is 5. The molecule has 0 aliphatic carbocycles. The molecule has 2 N–H and O–H groups in total. The van der Waals surface area contributed by atoms with Gasteiger partial charge in [0.15, 0.2) is 17.0 Å². The second-order valence-corrected chi connectivity index (χ2v) is 19.0. The number of urea groups is 1. The molecule has 11 rings (SSSR count). The molecule has 3 aromatic carbocycles. The normalized spacial score (nSPS) is 19.5. The summed E-state index contributed by atoms with van der Waals surface area (Å²) in [5.41, 5.74) is 5.46. The first kappa shape index (κ1) is 43.5. The molecule has 6 aromatic rings. The number of nitrogens with zero attached hydrogens (tertiary/aromatic N) is 10. The molecule has 0 saturated carbocycles. The summed E-state index contributed by atoms with van der Waals surface area (Å²) in [5.74, 6) is -0.941. The molecule has 0 radical (unpaired) electrons. The van der Waals surface area contributed by atoms with E-state index in [9.17, 15) is 28.4 Å². The lowest BCUT2D eigenvalue weighted by Crippen LogP contribution is -2.51. The molecule has 68 heavy (non-hydrogen) atoms. The molecule has 3 fully saturated rings. The molecule has 3 saturated heterocycles. The molecule has 3 aromatic heterocycles. The molecule has 20 heteroatoms. The van der Waals surface area contributed by atoms with E-state index in [1.165, 1.54) is 39.1 Å². The summed E-state index contributed by atoms with van der Waals surface area (Å²) >= 11 is 1.22. The summed E-state index contributed by atoms with van der Waals surface area (Å²) in [4.78, 5) is 83.6. The Balaban J connectivity index is 0.693. The first-order chi connectivity index (χ1) is 32.9. The van der Waals surface area contributed by atoms with Gasteiger partial charge in [0, 0.05) is 92.1 Å². The lowest BCUT2D eigenvalue weighted by Gasteiger charge is -2.38. The van der Waals surface area contributed by atoms with Crippen LogP contribution in [0.2, 0.25) is 0 Å². The third-order valence-corrected chi connectivity index (χ3v) is 14.8. The summed E-state index contributed by atoms with van der Waals surface area (Å²) in [6.07, 6.45) is 4.01. The zero-order valence-corrected chi connectivity index (χ0v) is 38.1. The molecule has 1 unspecified atom stereocenters. The van der Waals surface area contributed by atoms with Crippen molar-refractivity contribution in [1.29, 1.82) is 0 Å². The average Bonchev–Trinajstić information content (AvgIpc) is 4.19. The van der Waals surface area contributed by atoms with Crippen LogP contribution in [0.4, 0.5) is 30.2 Å². The van der Waals surface area contributed by atoms with Crippen molar-refractivity contribution < 1.29 is 32.8 Å². The molecule has 0 bridgehead atoms. The van der Waals surface area contributed by atoms with E-state index in [2.05, 4.69) is 47.6 Å². The summed E-state index contributed by atoms with van der Waals surface area (Å²) in [5, 5.41) is 12.7. The Morgan fingerprint density at radius 2 is 1.74 bits per heavy atom. The highest BCUT2D eigenvalue weighted by Gasteiger charge is 2.43. The van der Waals surface area contributed by atoms with Gasteiger partial charge in [-0.2, -0.15) is 5.10 Å². The van der Waals surface area contributed by atoms with E-state index >= 15 is 4.39 Å². The molecule has 350 valence electrons. The van der Waals surface area contributed by atoms with Crippen LogP contribution in [0, 0.1) is 5.82 Å². The number of piperidine rings is 1. The number of imidazole rings is 1. The van der Waals surface area contributed by atoms with Crippen molar-refractivity contribution >= 4 is 68.5 Å². The van der Waals surface area contributed by atoms with Gasteiger partial charge in [0.2, 0.25) is 11.8 Å². The molecule has 0 spiro atoms. The van der Waals surface area contributed by atoms with Crippen LogP contribution in [-0.2, 0) is 40.9 Å². The van der Waals surface area contributed by atoms with E-state index in [0.717, 1.165) is 42.5 Å². The van der Waals surface area contributed by atoms with Gasteiger partial charge in [0.05, 0.1) is 37.2 Å². The van der Waals surface area contributed by atoms with Crippen LogP contribution in [0.25, 0.3) is 22.0 Å². The van der Waals surface area contributed by atoms with E-state index in [-0.39, 0.29) is 61.1 Å². The van der Waals surface area contributed by atoms with Crippen LogP contribution in [-0.4, -0.2) is 127 Å². The quantitative estimate of drug-likeness (QED) is 0.185. The smallest absolute Gasteiger partial charge is 0.329 e. The molecule has 6 amide bonds. The van der Waals surface area contributed by atoms with Gasteiger partial charge in [-0.1, -0.05) is 18.2 Å². The number of likely N-dealkylation sites (tertiary alicyclic amines) is 1. The van der Waals surface area contributed by atoms with Gasteiger partial charge in [-0.15, -0.1) is 11.3 Å². The monoisotopic (exact) mass is 942 g/mol. The van der Waals surface area contributed by atoms with Crippen molar-refractivity contribution in [2.75, 3.05) is 67.5 Å². The minimum atomic E-state index is -1.23. The highest BCUT2D eigenvalue weighted by Crippen LogP contribution is 2.39. The van der Waals surface area contributed by atoms with Crippen molar-refractivity contribution in [3.63, 3.8) is 0 Å². The van der Waals surface area contributed by atoms with Gasteiger partial charge in [-0.05, 0) is 84.9 Å². The number of imide groups is 1. The number of halogens is 2. The molecule has 17 nitrogen and oxygen atoms in total. The molecule has 5 aliphatic heterocycles. The van der Waals surface area contributed by atoms with Gasteiger partial charge in [0.1, 0.15) is 12.0 Å². The Morgan fingerprint density at radius 3 is 2.49 bits per heavy atom. The van der Waals surface area contributed by atoms with Crippen molar-refractivity contribution in [1.82, 2.24) is 44.3 Å². The highest BCUT2D eigenvalue weighted by molar-refractivity contribution is 7.13. The third-order valence-electron chi connectivity index (χ3n) is 14.1. The van der Waals surface area contributed by atoms with E-state index in [4.69, 9.17) is 0 Å². The summed E-state index contributed by atoms with van der Waals surface area (Å²) in [7, 11) is 1.86. The van der Waals surface area contributed by atoms with Crippen molar-refractivity contribution in [2.45, 2.75) is 56.9 Å². The SMILES string of the molecule is Cn1nc(N2CCC(=O)NC2=O)c2ccc(C3CCN(CC(=O)N4CCN(c5ccc(-c6cc(F)c7c(c6)C(=O)N(C(C(=O)Nc6nccs6)c6ncn8c6C[C@@H](F)C8)C7)cc5)CC4)CC3)cc21. The number of rotatable bonds is 10. The fourth-order valence-electron chi connectivity index (χ4n) is 10.4. The van der Waals surface area contributed by atoms with Gasteiger partial charge >= 0.3 is 6.03 Å². The number of carbonyl (C=O) groups is 5. The Kier molecular flexibility index (Phi) is 11.2. The maximum absolute atomic E-state index is 16.0. The standard InChI is InChI=1S/C48H48F2N12O5S/c1-56-38-22-30(4-7-34(38)44(55-56)61-14-10-40(63)53-48(61)67)29-8-12-57(13-9-29)26-41(64)59-17-15-58(16-18-59)33-5-2-28(3-6-33)31-20-35-36(37(50)21-31)25-62(46(35)66)43(45(65)54-47-51-11-19-68-47)42-39-23-32(49)24-60(39)27-52-42/h2-7,11,19-22,27,29,32,43H,8-10,12-18,23-26H2,1H3,(H,51,54,65)(H,53,63,67)/t32-,43?/m1/s1. The predicted molar refractivity (Wildman–Crippen MR) is 249 cm³/mol. The maximum atomic E-state index is 16.0. The molecular formula is C48H48F2N12O5S. The molecular weight excluding hydrogens is 895 g/mol. The van der Waals surface area contributed by atoms with Crippen LogP contribution in [0.3, 0.4) is 0 Å². The molecule has 2 atom stereocenters. The van der Waals surface area contributed by atoms with Crippen LogP contribution >= 0.6 is 11.3 Å². The topological polar surface area (TPSA) is 174 Å². The van der Waals surface area contributed by atoms with Crippen LogP contribution in [0.15, 0.2) is 72.5 Å². The van der Waals surface area contributed by atoms with E-state index in [1.807, 2.05) is 42.3 Å². The zero-order chi connectivity index (χ0) is 46.8. The first-order valence-electron chi connectivity index (χ1n) is 22.9. The summed E-state index contributed by atoms with van der Waals surface area (Å²) in [6, 6.07) is 15.4. The number of anilines is 3. The number of benzene rings is 3. The number of thiazole rings is 1. The van der Waals surface area contributed by atoms with Crippen molar-refractivity contribution in [2.24, 2.45) is 7.05 Å². The number of hydrogen-bond donors (Lipinski definition) is 2. The second kappa shape index (κ2) is 17.5. The predicted octanol–water partition coefficient (Wildman–Crippen LogP) is 5.24. The lowest BCUT2D eigenvalue weighted by atomic mass is 9.89. The third kappa shape index (κ3) is 8.03. The number of piperazine rings is 1. The van der Waals surface area contributed by atoms with Gasteiger partial charge in [-0.25, -0.2) is 23.5 Å². The maximum Gasteiger partial charge on any atom is 0.329 e. The number of carbonyl (C=O) groups excluding carboxylic acids is 5. The van der Waals surface area contributed by atoms with E-state index in [0.29, 0.717) is 66.4 Å². The van der Waals surface area contributed by atoms with E-state index < -0.39 is 35.9 Å². The Morgan fingerprint density at radius 1 is 0.941 bits per heavy atom. The van der Waals surface area contributed by atoms with Crippen molar-refractivity contribution in [3.8, 4) is 11.1 Å². The van der Waals surface area contributed by atoms with Crippen LogP contribution in [0.5, 0.6) is 0 Å². The fourth-order valence-corrected chi connectivity index (χ4v) is 11.0. The van der Waals surface area contributed by atoms with Gasteiger partial charge < -0.3 is 19.3 Å². The molecule has 5 aliphatic rings. The van der Waals surface area contributed by atoms with Gasteiger partial charge in [0.25, 0.3) is 11.8 Å². The average molecular weight is 943 g/mol. The number of amides is 6. The summed E-state index contributed by atoms with van der Waals surface area (Å²) < 4.78 is 33.9. The highest BCUT2D eigenvalue weighted by atomic mass is 32.1. The zero-order valence-electron chi connectivity index (χ0n) is 37.2. The lowest BCUT2D eigenvalue weighted by molar-refractivity contribution is -0.133. The number of fused-ring (bicyclic) bond motifs is 3. The number of alkyl halides is 1. The molecule has 8 heterocycles. The number of hydrogen-bond acceptors (Lipinski definition) is 11. The number of nitrogens with one attached hydrogen (secondary N) is 2. The Hall–Kier alpha value is -7.06. The summed E-state index contributed by atoms with van der Waals surface area (Å²) in [6.45, 7) is 4.72. The first-order valence-corrected chi connectivity index (χ1v) is 23.8.